The zero-order valence-electron chi connectivity index (χ0n) is 16.0. The number of thioether (sulfide) groups is 1. The second-order valence-electron chi connectivity index (χ2n) is 5.68. The van der Waals surface area contributed by atoms with Crippen LogP contribution >= 0.6 is 23.1 Å². The normalized spacial score (nSPS) is 10.8. The molecule has 0 fully saturated rings. The minimum atomic E-state index is -3.84. The van der Waals surface area contributed by atoms with E-state index < -0.39 is 10.0 Å². The molecule has 0 saturated heterocycles. The number of benzene rings is 1. The van der Waals surface area contributed by atoms with Crippen LogP contribution in [0.25, 0.3) is 4.72 Å². The van der Waals surface area contributed by atoms with Gasteiger partial charge in [0.2, 0.25) is 15.9 Å². The maximum atomic E-state index is 12.2. The van der Waals surface area contributed by atoms with Crippen molar-refractivity contribution in [2.24, 2.45) is 0 Å². The number of hydrogen-bond donors (Lipinski definition) is 1. The Bertz CT molecular complexity index is 1050. The number of carbonyl (C=O) groups is 1. The predicted octanol–water partition coefficient (Wildman–Crippen LogP) is 0.679. The van der Waals surface area contributed by atoms with Gasteiger partial charge in [0.05, 0.1) is 10.6 Å². The molecule has 0 bridgehead atoms. The van der Waals surface area contributed by atoms with Gasteiger partial charge in [0.15, 0.2) is 5.16 Å². The monoisotopic (exact) mass is 457 g/mol. The second kappa shape index (κ2) is 10.5. The first kappa shape index (κ1) is 23.8. The molecule has 2 heterocycles. The zero-order chi connectivity index (χ0) is 20.1. The Balaban J connectivity index is 0.00000300. The van der Waals surface area contributed by atoms with Crippen LogP contribution in [0, 0.1) is 13.8 Å². The quantitative estimate of drug-likeness (QED) is 0.315. The largest absolute Gasteiger partial charge is 1.00 e. The summed E-state index contributed by atoms with van der Waals surface area (Å²) in [5, 5.41) is 5.07. The fraction of sp³-hybridized carbons (Fsp3) is 0.176. The van der Waals surface area contributed by atoms with Crippen molar-refractivity contribution < 1.29 is 42.8 Å². The fourth-order valence-corrected chi connectivity index (χ4v) is 4.63. The minimum absolute atomic E-state index is 0. The molecule has 0 aliphatic carbocycles. The maximum absolute atomic E-state index is 12.2. The van der Waals surface area contributed by atoms with Crippen molar-refractivity contribution in [1.82, 2.24) is 15.0 Å². The van der Waals surface area contributed by atoms with Crippen molar-refractivity contribution in [1.29, 1.82) is 0 Å². The topological polar surface area (TPSA) is 116 Å². The second-order valence-corrected chi connectivity index (χ2v) is 9.10. The van der Waals surface area contributed by atoms with Crippen molar-refractivity contribution >= 4 is 49.8 Å². The average Bonchev–Trinajstić information content (AvgIpc) is 3.12. The first-order chi connectivity index (χ1) is 13.3. The number of aryl methyl sites for hydroxylation is 2. The van der Waals surface area contributed by atoms with E-state index in [1.807, 2.05) is 19.9 Å². The van der Waals surface area contributed by atoms with E-state index >= 15 is 0 Å². The molecule has 0 aliphatic heterocycles. The summed E-state index contributed by atoms with van der Waals surface area (Å²) in [5.74, 6) is -0.0988. The third kappa shape index (κ3) is 7.05. The fourth-order valence-electron chi connectivity index (χ4n) is 2.21. The summed E-state index contributed by atoms with van der Waals surface area (Å²) in [6, 6.07) is 7.67. The van der Waals surface area contributed by atoms with Gasteiger partial charge in [-0.3, -0.25) is 4.79 Å². The average molecular weight is 458 g/mol. The summed E-state index contributed by atoms with van der Waals surface area (Å²) < 4.78 is 28.1. The molecule has 0 saturated carbocycles. The Kier molecular flexibility index (Phi) is 8.61. The number of amides is 1. The van der Waals surface area contributed by atoms with Crippen molar-refractivity contribution in [3.63, 3.8) is 0 Å². The Morgan fingerprint density at radius 3 is 2.41 bits per heavy atom. The SMILES string of the molecule is Cc1cc(C)nc(SCC(=O)Nc2ccc(S(=O)(=O)[N-]c3nccs3)cc2)n1.[Na+]. The Morgan fingerprint density at radius 2 is 1.83 bits per heavy atom. The number of nitrogens with one attached hydrogen (secondary N) is 1. The van der Waals surface area contributed by atoms with E-state index in [2.05, 4.69) is 25.0 Å². The number of hydrogen-bond acceptors (Lipinski definition) is 8. The van der Waals surface area contributed by atoms with Gasteiger partial charge < -0.3 is 15.0 Å². The first-order valence-electron chi connectivity index (χ1n) is 8.04. The number of anilines is 1. The van der Waals surface area contributed by atoms with Crippen LogP contribution in [0.15, 0.2) is 52.0 Å². The molecule has 3 aromatic rings. The molecule has 2 aromatic heterocycles. The van der Waals surface area contributed by atoms with Crippen LogP contribution in [0.5, 0.6) is 0 Å². The van der Waals surface area contributed by atoms with E-state index in [1.54, 1.807) is 5.38 Å². The molecule has 0 radical (unpaired) electrons. The Morgan fingerprint density at radius 1 is 1.17 bits per heavy atom. The molecule has 12 heteroatoms. The zero-order valence-corrected chi connectivity index (χ0v) is 20.4. The molecule has 1 aromatic carbocycles. The van der Waals surface area contributed by atoms with E-state index in [9.17, 15) is 13.2 Å². The van der Waals surface area contributed by atoms with Gasteiger partial charge in [0, 0.05) is 22.2 Å². The number of thiazole rings is 1. The molecule has 0 aliphatic rings. The first-order valence-corrected chi connectivity index (χ1v) is 11.3. The van der Waals surface area contributed by atoms with Crippen LogP contribution in [0.3, 0.4) is 0 Å². The molecule has 1 amide bonds. The van der Waals surface area contributed by atoms with Gasteiger partial charge in [-0.15, -0.1) is 0 Å². The summed E-state index contributed by atoms with van der Waals surface area (Å²) in [4.78, 5) is 24.5. The van der Waals surface area contributed by atoms with Crippen LogP contribution in [0.2, 0.25) is 0 Å². The van der Waals surface area contributed by atoms with E-state index in [1.165, 1.54) is 42.2 Å². The number of carbonyl (C=O) groups excluding carboxylic acids is 1. The number of sulfonamides is 1. The van der Waals surface area contributed by atoms with Crippen LogP contribution < -0.4 is 34.9 Å². The van der Waals surface area contributed by atoms with E-state index in [0.29, 0.717) is 10.8 Å². The summed E-state index contributed by atoms with van der Waals surface area (Å²) in [7, 11) is -3.84. The van der Waals surface area contributed by atoms with Crippen molar-refractivity contribution in [2.45, 2.75) is 23.9 Å². The van der Waals surface area contributed by atoms with Gasteiger partial charge >= 0.3 is 29.6 Å². The predicted molar refractivity (Wildman–Crippen MR) is 110 cm³/mol. The van der Waals surface area contributed by atoms with Gasteiger partial charge in [0.25, 0.3) is 0 Å². The van der Waals surface area contributed by atoms with Crippen LogP contribution in [-0.2, 0) is 14.8 Å². The van der Waals surface area contributed by atoms with Gasteiger partial charge in [-0.1, -0.05) is 18.0 Å². The summed E-state index contributed by atoms with van der Waals surface area (Å²) in [5.41, 5.74) is 2.17. The number of rotatable bonds is 7. The summed E-state index contributed by atoms with van der Waals surface area (Å²) in [6.07, 6.45) is 1.48. The van der Waals surface area contributed by atoms with E-state index in [4.69, 9.17) is 0 Å². The van der Waals surface area contributed by atoms with Gasteiger partial charge in [-0.05, 0) is 49.6 Å². The standard InChI is InChI=1S/C17H17N5O3S3.Na/c1-11-9-12(2)20-17(19-11)27-10-15(23)21-13-3-5-14(6-4-13)28(24,25)22-16-18-7-8-26-16;/h3-9H,10H2,1-2H3,(H2,18,21,22,23);/q;+1/p-1. The minimum Gasteiger partial charge on any atom is -0.433 e. The molecule has 8 nitrogen and oxygen atoms in total. The Labute approximate surface area is 199 Å². The van der Waals surface area contributed by atoms with Gasteiger partial charge in [-0.25, -0.2) is 18.4 Å². The molecule has 1 N–H and O–H groups in total. The van der Waals surface area contributed by atoms with Crippen LogP contribution in [-0.4, -0.2) is 35.0 Å². The number of nitrogens with zero attached hydrogens (tertiary/aromatic N) is 4. The smallest absolute Gasteiger partial charge is 0.433 e. The van der Waals surface area contributed by atoms with Crippen LogP contribution in [0.1, 0.15) is 11.4 Å². The van der Waals surface area contributed by atoms with Gasteiger partial charge in [-0.2, -0.15) is 11.3 Å². The molecule has 3 rings (SSSR count). The Hall–Kier alpha value is -1.50. The van der Waals surface area contributed by atoms with Crippen molar-refractivity contribution in [2.75, 3.05) is 11.1 Å². The van der Waals surface area contributed by atoms with Crippen LogP contribution in [0.4, 0.5) is 10.8 Å². The van der Waals surface area contributed by atoms with Crippen molar-refractivity contribution in [3.05, 3.63) is 58.0 Å². The maximum Gasteiger partial charge on any atom is 1.00 e. The van der Waals surface area contributed by atoms with E-state index in [0.717, 1.165) is 22.7 Å². The third-order valence-electron chi connectivity index (χ3n) is 3.35. The third-order valence-corrected chi connectivity index (χ3v) is 6.26. The molecular formula is C17H16N5NaO3S3. The molecule has 0 unspecified atom stereocenters. The number of aromatic nitrogens is 3. The van der Waals surface area contributed by atoms with E-state index in [-0.39, 0.29) is 51.2 Å². The molecule has 146 valence electrons. The summed E-state index contributed by atoms with van der Waals surface area (Å²) in [6.45, 7) is 3.74. The molecule has 0 spiro atoms. The molecular weight excluding hydrogens is 441 g/mol. The summed E-state index contributed by atoms with van der Waals surface area (Å²) >= 11 is 2.37. The molecule has 0 atom stereocenters. The van der Waals surface area contributed by atoms with Crippen molar-refractivity contribution in [3.8, 4) is 0 Å². The molecule has 29 heavy (non-hydrogen) atoms. The van der Waals surface area contributed by atoms with Gasteiger partial charge in [0.1, 0.15) is 0 Å².